The first-order chi connectivity index (χ1) is 12.0. The van der Waals surface area contributed by atoms with Crippen LogP contribution >= 0.6 is 0 Å². The summed E-state index contributed by atoms with van der Waals surface area (Å²) in [6.07, 6.45) is 1.97. The highest BCUT2D eigenvalue weighted by Gasteiger charge is 2.35. The fourth-order valence-corrected chi connectivity index (χ4v) is 2.92. The van der Waals surface area contributed by atoms with Crippen molar-refractivity contribution in [1.82, 2.24) is 4.90 Å². The molecular weight excluding hydrogens is 310 g/mol. The number of ketones is 1. The van der Waals surface area contributed by atoms with Crippen molar-refractivity contribution in [3.05, 3.63) is 70.8 Å². The second kappa shape index (κ2) is 7.22. The van der Waals surface area contributed by atoms with E-state index in [1.54, 1.807) is 17.0 Å². The molecule has 0 saturated heterocycles. The first-order valence-corrected chi connectivity index (χ1v) is 8.96. The molecule has 0 heterocycles. The third-order valence-electron chi connectivity index (χ3n) is 4.76. The van der Waals surface area contributed by atoms with Crippen LogP contribution in [0.5, 0.6) is 0 Å². The van der Waals surface area contributed by atoms with Gasteiger partial charge >= 0.3 is 0 Å². The minimum Gasteiger partial charge on any atom is -0.328 e. The lowest BCUT2D eigenvalue weighted by molar-refractivity contribution is -0.127. The van der Waals surface area contributed by atoms with Crippen LogP contribution in [-0.4, -0.2) is 22.6 Å². The van der Waals surface area contributed by atoms with E-state index in [0.29, 0.717) is 18.0 Å². The molecule has 0 N–H and O–H groups in total. The highest BCUT2D eigenvalue weighted by atomic mass is 16.2. The third-order valence-corrected chi connectivity index (χ3v) is 4.76. The molecule has 1 aliphatic carbocycles. The van der Waals surface area contributed by atoms with E-state index in [4.69, 9.17) is 0 Å². The van der Waals surface area contributed by atoms with Crippen LogP contribution in [0.2, 0.25) is 0 Å². The lowest BCUT2D eigenvalue weighted by Crippen LogP contribution is -2.37. The summed E-state index contributed by atoms with van der Waals surface area (Å²) in [4.78, 5) is 27.1. The topological polar surface area (TPSA) is 37.4 Å². The van der Waals surface area contributed by atoms with Crippen LogP contribution in [0.1, 0.15) is 59.7 Å². The van der Waals surface area contributed by atoms with E-state index in [0.717, 1.165) is 24.0 Å². The van der Waals surface area contributed by atoms with Gasteiger partial charge in [0.25, 0.3) is 5.91 Å². The molecule has 0 spiro atoms. The molecule has 0 bridgehead atoms. The van der Waals surface area contributed by atoms with Gasteiger partial charge in [-0.3, -0.25) is 9.59 Å². The molecule has 3 heteroatoms. The Morgan fingerprint density at radius 2 is 1.60 bits per heavy atom. The van der Waals surface area contributed by atoms with E-state index in [1.165, 1.54) is 5.56 Å². The van der Waals surface area contributed by atoms with Gasteiger partial charge in [0.05, 0.1) is 0 Å². The Balaban J connectivity index is 1.75. The van der Waals surface area contributed by atoms with Crippen molar-refractivity contribution >= 4 is 11.7 Å². The fraction of sp³-hybridized carbons (Fsp3) is 0.364. The Kier molecular flexibility index (Phi) is 5.03. The quantitative estimate of drug-likeness (QED) is 0.576. The second-order valence-electron chi connectivity index (χ2n) is 7.26. The van der Waals surface area contributed by atoms with Gasteiger partial charge in [-0.2, -0.15) is 0 Å². The van der Waals surface area contributed by atoms with Gasteiger partial charge in [-0.1, -0.05) is 67.9 Å². The maximum atomic E-state index is 12.8. The van der Waals surface area contributed by atoms with Crippen LogP contribution in [0.3, 0.4) is 0 Å². The first kappa shape index (κ1) is 17.4. The Hall–Kier alpha value is -2.42. The normalized spacial score (nSPS) is 13.8. The molecule has 1 fully saturated rings. The predicted octanol–water partition coefficient (Wildman–Crippen LogP) is 4.49. The zero-order valence-electron chi connectivity index (χ0n) is 15.2. The Morgan fingerprint density at radius 3 is 2.12 bits per heavy atom. The van der Waals surface area contributed by atoms with Crippen molar-refractivity contribution in [2.24, 2.45) is 0 Å². The number of benzene rings is 2. The number of Topliss-reactive ketones (excluding diaryl/α,β-unsaturated/α-hetero) is 1. The van der Waals surface area contributed by atoms with E-state index in [-0.39, 0.29) is 11.9 Å². The number of carbonyl (C=O) groups is 2. The molecule has 1 saturated carbocycles. The number of nitrogens with zero attached hydrogens (tertiary/aromatic N) is 1. The largest absolute Gasteiger partial charge is 0.328 e. The molecule has 0 atom stereocenters. The maximum Gasteiger partial charge on any atom is 0.295 e. The van der Waals surface area contributed by atoms with Gasteiger partial charge in [0, 0.05) is 18.2 Å². The summed E-state index contributed by atoms with van der Waals surface area (Å²) in [5.74, 6) is -0.316. The monoisotopic (exact) mass is 335 g/mol. The van der Waals surface area contributed by atoms with Crippen LogP contribution in [0.4, 0.5) is 0 Å². The van der Waals surface area contributed by atoms with E-state index >= 15 is 0 Å². The van der Waals surface area contributed by atoms with Crippen molar-refractivity contribution in [3.63, 3.8) is 0 Å². The first-order valence-electron chi connectivity index (χ1n) is 8.96. The summed E-state index contributed by atoms with van der Waals surface area (Å²) in [6, 6.07) is 15.7. The summed E-state index contributed by atoms with van der Waals surface area (Å²) in [6.45, 7) is 6.79. The minimum atomic E-state index is -0.411. The van der Waals surface area contributed by atoms with E-state index in [9.17, 15) is 9.59 Å². The standard InChI is InChI=1S/C22H25NO2/c1-15(2)18-10-6-17(7-11-18)14-23(20-12-13-20)22(25)21(24)19-8-4-16(3)5-9-19/h4-11,15,20H,12-14H2,1-3H3. The van der Waals surface area contributed by atoms with Crippen molar-refractivity contribution < 1.29 is 9.59 Å². The molecule has 2 aromatic carbocycles. The molecule has 130 valence electrons. The van der Waals surface area contributed by atoms with Gasteiger partial charge in [0.2, 0.25) is 5.78 Å². The lowest BCUT2D eigenvalue weighted by atomic mass is 10.0. The molecule has 0 unspecified atom stereocenters. The second-order valence-corrected chi connectivity index (χ2v) is 7.26. The summed E-state index contributed by atoms with van der Waals surface area (Å²) in [5, 5.41) is 0. The van der Waals surface area contributed by atoms with Gasteiger partial charge in [-0.05, 0) is 36.8 Å². The number of rotatable bonds is 6. The molecule has 0 aromatic heterocycles. The van der Waals surface area contributed by atoms with Crippen LogP contribution in [0.25, 0.3) is 0 Å². The van der Waals surface area contributed by atoms with E-state index < -0.39 is 5.78 Å². The zero-order chi connectivity index (χ0) is 18.0. The molecule has 25 heavy (non-hydrogen) atoms. The van der Waals surface area contributed by atoms with Crippen molar-refractivity contribution in [3.8, 4) is 0 Å². The maximum absolute atomic E-state index is 12.8. The molecule has 2 aromatic rings. The van der Waals surface area contributed by atoms with Crippen molar-refractivity contribution in [2.75, 3.05) is 0 Å². The van der Waals surface area contributed by atoms with Crippen LogP contribution in [-0.2, 0) is 11.3 Å². The predicted molar refractivity (Wildman–Crippen MR) is 99.6 cm³/mol. The summed E-state index contributed by atoms with van der Waals surface area (Å²) in [5.41, 5.74) is 3.90. The van der Waals surface area contributed by atoms with Crippen molar-refractivity contribution in [2.45, 2.75) is 52.1 Å². The van der Waals surface area contributed by atoms with Gasteiger partial charge in [-0.25, -0.2) is 0 Å². The summed E-state index contributed by atoms with van der Waals surface area (Å²) >= 11 is 0. The molecule has 3 rings (SSSR count). The van der Waals surface area contributed by atoms with Crippen LogP contribution < -0.4 is 0 Å². The summed E-state index contributed by atoms with van der Waals surface area (Å²) in [7, 11) is 0. The number of hydrogen-bond acceptors (Lipinski definition) is 2. The highest BCUT2D eigenvalue weighted by molar-refractivity contribution is 6.42. The number of aryl methyl sites for hydroxylation is 1. The Morgan fingerprint density at radius 1 is 1.00 bits per heavy atom. The highest BCUT2D eigenvalue weighted by Crippen LogP contribution is 2.29. The molecular formula is C22H25NO2. The fourth-order valence-electron chi connectivity index (χ4n) is 2.92. The number of carbonyl (C=O) groups excluding carboxylic acids is 2. The lowest BCUT2D eigenvalue weighted by Gasteiger charge is -2.22. The van der Waals surface area contributed by atoms with E-state index in [1.807, 2.05) is 19.1 Å². The van der Waals surface area contributed by atoms with Gasteiger partial charge in [0.1, 0.15) is 0 Å². The Bertz CT molecular complexity index is 756. The average Bonchev–Trinajstić information content (AvgIpc) is 3.44. The third kappa shape index (κ3) is 4.16. The molecule has 0 aliphatic heterocycles. The average molecular weight is 335 g/mol. The number of amides is 1. The van der Waals surface area contributed by atoms with Crippen LogP contribution in [0.15, 0.2) is 48.5 Å². The number of hydrogen-bond donors (Lipinski definition) is 0. The summed E-state index contributed by atoms with van der Waals surface area (Å²) < 4.78 is 0. The minimum absolute atomic E-state index is 0.201. The van der Waals surface area contributed by atoms with Gasteiger partial charge in [0.15, 0.2) is 0 Å². The molecule has 1 aliphatic rings. The van der Waals surface area contributed by atoms with Gasteiger partial charge < -0.3 is 4.90 Å². The SMILES string of the molecule is Cc1ccc(C(=O)C(=O)N(Cc2ccc(C(C)C)cc2)C2CC2)cc1. The smallest absolute Gasteiger partial charge is 0.295 e. The molecule has 3 nitrogen and oxygen atoms in total. The molecule has 1 amide bonds. The zero-order valence-corrected chi connectivity index (χ0v) is 15.2. The van der Waals surface area contributed by atoms with Crippen molar-refractivity contribution in [1.29, 1.82) is 0 Å². The Labute approximate surface area is 149 Å². The van der Waals surface area contributed by atoms with Crippen LogP contribution in [0, 0.1) is 6.92 Å². The molecule has 0 radical (unpaired) electrons. The van der Waals surface area contributed by atoms with E-state index in [2.05, 4.69) is 38.1 Å². The van der Waals surface area contributed by atoms with Gasteiger partial charge in [-0.15, -0.1) is 0 Å².